The number of hydrogen-bond acceptors (Lipinski definition) is 5. The van der Waals surface area contributed by atoms with E-state index >= 15 is 0 Å². The van der Waals surface area contributed by atoms with Gasteiger partial charge in [0.1, 0.15) is 11.5 Å². The highest BCUT2D eigenvalue weighted by atomic mass is 16.5. The van der Waals surface area contributed by atoms with Crippen molar-refractivity contribution in [2.24, 2.45) is 0 Å². The Bertz CT molecular complexity index is 919. The van der Waals surface area contributed by atoms with Gasteiger partial charge in [-0.1, -0.05) is 35.5 Å². The largest absolute Gasteiger partial charge is 0.361 e. The number of carbonyl (C=O) groups excluding carboxylic acids is 1. The molecule has 7 nitrogen and oxygen atoms in total. The molecule has 1 aromatic carbocycles. The standard InChI is InChI=1S/C21H25N5O2/c1-15-19(16(2)28-24-15)14-25-8-10-26(11-9-25)21(27)20-13-18(22-23-20)12-17-6-4-3-5-7-17/h3-7,13H,8-12,14H2,1-2H3,(H,22,23). The summed E-state index contributed by atoms with van der Waals surface area (Å²) in [6.45, 7) is 7.78. The third-order valence-electron chi connectivity index (χ3n) is 5.31. The molecule has 3 aromatic rings. The van der Waals surface area contributed by atoms with Gasteiger partial charge in [0.25, 0.3) is 5.91 Å². The lowest BCUT2D eigenvalue weighted by molar-refractivity contribution is 0.0622. The molecule has 3 heterocycles. The van der Waals surface area contributed by atoms with Crippen molar-refractivity contribution < 1.29 is 9.32 Å². The van der Waals surface area contributed by atoms with E-state index in [4.69, 9.17) is 4.52 Å². The van der Waals surface area contributed by atoms with E-state index in [1.165, 1.54) is 5.56 Å². The second-order valence-corrected chi connectivity index (χ2v) is 7.31. The quantitative estimate of drug-likeness (QED) is 0.737. The van der Waals surface area contributed by atoms with Gasteiger partial charge in [0.2, 0.25) is 0 Å². The van der Waals surface area contributed by atoms with Gasteiger partial charge in [-0.3, -0.25) is 14.8 Å². The summed E-state index contributed by atoms with van der Waals surface area (Å²) in [5.74, 6) is 0.867. The van der Waals surface area contributed by atoms with Gasteiger partial charge in [-0.2, -0.15) is 5.10 Å². The van der Waals surface area contributed by atoms with Crippen molar-refractivity contribution in [3.63, 3.8) is 0 Å². The molecule has 1 saturated heterocycles. The Hall–Kier alpha value is -2.93. The van der Waals surface area contributed by atoms with Crippen LogP contribution in [-0.2, 0) is 13.0 Å². The van der Waals surface area contributed by atoms with Crippen LogP contribution in [0.25, 0.3) is 0 Å². The zero-order valence-electron chi connectivity index (χ0n) is 16.3. The van der Waals surface area contributed by atoms with Gasteiger partial charge < -0.3 is 9.42 Å². The molecule has 0 saturated carbocycles. The summed E-state index contributed by atoms with van der Waals surface area (Å²) >= 11 is 0. The third-order valence-corrected chi connectivity index (χ3v) is 5.31. The van der Waals surface area contributed by atoms with E-state index in [0.717, 1.165) is 48.8 Å². The third kappa shape index (κ3) is 3.99. The predicted molar refractivity (Wildman–Crippen MR) is 105 cm³/mol. The number of nitrogens with one attached hydrogen (secondary N) is 1. The lowest BCUT2D eigenvalue weighted by Crippen LogP contribution is -2.48. The van der Waals surface area contributed by atoms with Crippen LogP contribution in [0.4, 0.5) is 0 Å². The molecule has 1 amide bonds. The number of aromatic nitrogens is 3. The molecule has 0 aliphatic carbocycles. The first-order chi connectivity index (χ1) is 13.6. The van der Waals surface area contributed by atoms with Gasteiger partial charge in [0.15, 0.2) is 0 Å². The molecular formula is C21H25N5O2. The minimum Gasteiger partial charge on any atom is -0.361 e. The summed E-state index contributed by atoms with van der Waals surface area (Å²) in [6.07, 6.45) is 0.742. The number of carbonyl (C=O) groups is 1. The highest BCUT2D eigenvalue weighted by Gasteiger charge is 2.25. The topological polar surface area (TPSA) is 78.3 Å². The summed E-state index contributed by atoms with van der Waals surface area (Å²) in [6, 6.07) is 12.0. The molecule has 4 rings (SSSR count). The first-order valence-corrected chi connectivity index (χ1v) is 9.62. The summed E-state index contributed by atoms with van der Waals surface area (Å²) < 4.78 is 5.25. The SMILES string of the molecule is Cc1noc(C)c1CN1CCN(C(=O)c2cc(Cc3ccccc3)[nH]n2)CC1. The summed E-state index contributed by atoms with van der Waals surface area (Å²) in [5.41, 5.74) is 4.73. The van der Waals surface area contributed by atoms with Crippen molar-refractivity contribution in [3.05, 3.63) is 70.4 Å². The van der Waals surface area contributed by atoms with Crippen molar-refractivity contribution in [2.75, 3.05) is 26.2 Å². The fraction of sp³-hybridized carbons (Fsp3) is 0.381. The van der Waals surface area contributed by atoms with E-state index in [1.54, 1.807) is 0 Å². The van der Waals surface area contributed by atoms with E-state index in [9.17, 15) is 4.79 Å². The number of piperazine rings is 1. The lowest BCUT2D eigenvalue weighted by atomic mass is 10.1. The number of amides is 1. The van der Waals surface area contributed by atoms with Gasteiger partial charge in [0.05, 0.1) is 5.69 Å². The van der Waals surface area contributed by atoms with Crippen LogP contribution >= 0.6 is 0 Å². The Morgan fingerprint density at radius 3 is 2.57 bits per heavy atom. The fourth-order valence-corrected chi connectivity index (χ4v) is 3.60. The maximum absolute atomic E-state index is 12.8. The Kier molecular flexibility index (Phi) is 5.25. The van der Waals surface area contributed by atoms with Crippen molar-refractivity contribution in [1.29, 1.82) is 0 Å². The molecule has 146 valence electrons. The number of hydrogen-bond donors (Lipinski definition) is 1. The average Bonchev–Trinajstić information content (AvgIpc) is 3.31. The number of benzene rings is 1. The van der Waals surface area contributed by atoms with Crippen molar-refractivity contribution in [3.8, 4) is 0 Å². The highest BCUT2D eigenvalue weighted by Crippen LogP contribution is 2.17. The summed E-state index contributed by atoms with van der Waals surface area (Å²) in [5, 5.41) is 11.3. The van der Waals surface area contributed by atoms with E-state index in [2.05, 4.69) is 32.4 Å². The summed E-state index contributed by atoms with van der Waals surface area (Å²) in [7, 11) is 0. The molecule has 0 atom stereocenters. The average molecular weight is 379 g/mol. The van der Waals surface area contributed by atoms with E-state index in [0.29, 0.717) is 18.8 Å². The zero-order chi connectivity index (χ0) is 19.5. The molecule has 2 aromatic heterocycles. The van der Waals surface area contributed by atoms with Crippen molar-refractivity contribution in [2.45, 2.75) is 26.8 Å². The Balaban J connectivity index is 1.33. The predicted octanol–water partition coefficient (Wildman–Crippen LogP) is 2.56. The normalized spacial score (nSPS) is 15.1. The van der Waals surface area contributed by atoms with Crippen molar-refractivity contribution >= 4 is 5.91 Å². The smallest absolute Gasteiger partial charge is 0.274 e. The van der Waals surface area contributed by atoms with Crippen LogP contribution in [0.3, 0.4) is 0 Å². The van der Waals surface area contributed by atoms with Gasteiger partial charge in [0, 0.05) is 50.4 Å². The number of nitrogens with zero attached hydrogens (tertiary/aromatic N) is 4. The Morgan fingerprint density at radius 2 is 1.89 bits per heavy atom. The fourth-order valence-electron chi connectivity index (χ4n) is 3.60. The maximum atomic E-state index is 12.8. The first-order valence-electron chi connectivity index (χ1n) is 9.62. The van der Waals surface area contributed by atoms with Crippen molar-refractivity contribution in [1.82, 2.24) is 25.2 Å². The van der Waals surface area contributed by atoms with Gasteiger partial charge >= 0.3 is 0 Å². The minimum absolute atomic E-state index is 0.00690. The first kappa shape index (κ1) is 18.4. The van der Waals surface area contributed by atoms with Crippen LogP contribution in [0, 0.1) is 13.8 Å². The lowest BCUT2D eigenvalue weighted by Gasteiger charge is -2.34. The molecule has 0 spiro atoms. The second-order valence-electron chi connectivity index (χ2n) is 7.31. The number of aryl methyl sites for hydroxylation is 2. The molecule has 0 unspecified atom stereocenters. The van der Waals surface area contributed by atoms with Crippen LogP contribution in [-0.4, -0.2) is 57.2 Å². The Morgan fingerprint density at radius 1 is 1.14 bits per heavy atom. The highest BCUT2D eigenvalue weighted by molar-refractivity contribution is 5.92. The monoisotopic (exact) mass is 379 g/mol. The van der Waals surface area contributed by atoms with E-state index in [-0.39, 0.29) is 5.91 Å². The van der Waals surface area contributed by atoms with Gasteiger partial charge in [-0.25, -0.2) is 0 Å². The van der Waals surface area contributed by atoms with Crippen LogP contribution < -0.4 is 0 Å². The number of H-pyrrole nitrogens is 1. The minimum atomic E-state index is -0.00690. The molecule has 1 N–H and O–H groups in total. The van der Waals surface area contributed by atoms with Crippen LogP contribution in [0.2, 0.25) is 0 Å². The molecule has 0 bridgehead atoms. The molecular weight excluding hydrogens is 354 g/mol. The molecule has 1 aliphatic rings. The number of aromatic amines is 1. The maximum Gasteiger partial charge on any atom is 0.274 e. The zero-order valence-corrected chi connectivity index (χ0v) is 16.3. The van der Waals surface area contributed by atoms with Crippen LogP contribution in [0.15, 0.2) is 40.9 Å². The molecule has 0 radical (unpaired) electrons. The van der Waals surface area contributed by atoms with Gasteiger partial charge in [-0.05, 0) is 25.5 Å². The summed E-state index contributed by atoms with van der Waals surface area (Å²) in [4.78, 5) is 17.0. The van der Waals surface area contributed by atoms with E-state index < -0.39 is 0 Å². The second kappa shape index (κ2) is 7.98. The molecule has 1 fully saturated rings. The molecule has 1 aliphatic heterocycles. The molecule has 28 heavy (non-hydrogen) atoms. The van der Waals surface area contributed by atoms with Gasteiger partial charge in [-0.15, -0.1) is 0 Å². The number of rotatable bonds is 5. The Labute approximate surface area is 164 Å². The molecule has 7 heteroatoms. The van der Waals surface area contributed by atoms with Crippen LogP contribution in [0.5, 0.6) is 0 Å². The van der Waals surface area contributed by atoms with E-state index in [1.807, 2.05) is 43.0 Å². The van der Waals surface area contributed by atoms with Crippen LogP contribution in [0.1, 0.15) is 38.8 Å².